The highest BCUT2D eigenvalue weighted by molar-refractivity contribution is 7.07. The molecule has 3 heterocycles. The Morgan fingerprint density at radius 2 is 2.14 bits per heavy atom. The number of nitrogens with zero attached hydrogens (tertiary/aromatic N) is 5. The second-order valence-corrected chi connectivity index (χ2v) is 10.3. The lowest BCUT2D eigenvalue weighted by Crippen LogP contribution is -2.52. The molecule has 0 bridgehead atoms. The Balaban J connectivity index is 1.54. The third-order valence-corrected chi connectivity index (χ3v) is 7.58. The molecule has 10 nitrogen and oxygen atoms in total. The highest BCUT2D eigenvalue weighted by atomic mass is 35.5. The molecule has 2 aromatic rings. The molecule has 1 aliphatic rings. The summed E-state index contributed by atoms with van der Waals surface area (Å²) >= 11 is 13.6. The number of aryl methyl sites for hydroxylation is 1. The maximum absolute atomic E-state index is 12.6. The fourth-order valence-corrected chi connectivity index (χ4v) is 5.73. The largest absolute Gasteiger partial charge is 0.354 e. The van der Waals surface area contributed by atoms with Crippen molar-refractivity contribution in [2.24, 2.45) is 5.10 Å². The number of aromatic nitrogens is 1. The summed E-state index contributed by atoms with van der Waals surface area (Å²) in [6.07, 6.45) is 2.48. The van der Waals surface area contributed by atoms with Crippen LogP contribution >= 0.6 is 34.5 Å². The molecule has 1 fully saturated rings. The van der Waals surface area contributed by atoms with Gasteiger partial charge in [-0.05, 0) is 67.1 Å². The average Bonchev–Trinajstić information content (AvgIpc) is 3.34. The number of thiophene rings is 1. The van der Waals surface area contributed by atoms with E-state index in [0.717, 1.165) is 37.9 Å². The number of carbonyl (C=O) groups excluding carboxylic acids is 1. The lowest BCUT2D eigenvalue weighted by atomic mass is 10.0. The zero-order valence-electron chi connectivity index (χ0n) is 20.5. The molecule has 2 aromatic heterocycles. The van der Waals surface area contributed by atoms with Crippen molar-refractivity contribution in [1.29, 1.82) is 0 Å². The van der Waals surface area contributed by atoms with Gasteiger partial charge in [0.25, 0.3) is 11.9 Å². The quantitative estimate of drug-likeness (QED) is 0.158. The van der Waals surface area contributed by atoms with Crippen LogP contribution in [0.2, 0.25) is 10.3 Å². The van der Waals surface area contributed by atoms with Gasteiger partial charge in [0, 0.05) is 45.3 Å². The Morgan fingerprint density at radius 1 is 1.42 bits per heavy atom. The fraction of sp³-hybridized carbons (Fsp3) is 0.522. The third kappa shape index (κ3) is 7.52. The topological polar surface area (TPSA) is 116 Å². The first-order valence-electron chi connectivity index (χ1n) is 11.7. The summed E-state index contributed by atoms with van der Waals surface area (Å²) in [7, 11) is 1.66. The van der Waals surface area contributed by atoms with Crippen molar-refractivity contribution in [3.8, 4) is 0 Å². The van der Waals surface area contributed by atoms with E-state index in [1.54, 1.807) is 31.4 Å². The molecule has 196 valence electrons. The van der Waals surface area contributed by atoms with Crippen LogP contribution in [0.5, 0.6) is 0 Å². The summed E-state index contributed by atoms with van der Waals surface area (Å²) in [4.78, 5) is 32.0. The van der Waals surface area contributed by atoms with E-state index in [2.05, 4.69) is 32.5 Å². The Bertz CT molecular complexity index is 1050. The fourth-order valence-electron chi connectivity index (χ4n) is 4.46. The van der Waals surface area contributed by atoms with Gasteiger partial charge < -0.3 is 20.4 Å². The summed E-state index contributed by atoms with van der Waals surface area (Å²) in [5.41, 5.74) is 2.13. The second kappa shape index (κ2) is 13.2. The number of carbonyl (C=O) groups is 1. The smallest absolute Gasteiger partial charge is 0.271 e. The van der Waals surface area contributed by atoms with E-state index in [9.17, 15) is 14.9 Å². The predicted molar refractivity (Wildman–Crippen MR) is 143 cm³/mol. The van der Waals surface area contributed by atoms with E-state index in [0.29, 0.717) is 24.2 Å². The van der Waals surface area contributed by atoms with Crippen molar-refractivity contribution in [3.05, 3.63) is 60.0 Å². The van der Waals surface area contributed by atoms with Crippen molar-refractivity contribution < 1.29 is 9.83 Å². The van der Waals surface area contributed by atoms with Crippen molar-refractivity contribution in [2.45, 2.75) is 51.7 Å². The van der Waals surface area contributed by atoms with Crippen LogP contribution in [-0.4, -0.2) is 70.4 Å². The predicted octanol–water partition coefficient (Wildman–Crippen LogP) is 4.00. The van der Waals surface area contributed by atoms with Gasteiger partial charge in [-0.2, -0.15) is 11.3 Å². The Kier molecular flexibility index (Phi) is 10.3. The van der Waals surface area contributed by atoms with Gasteiger partial charge in [-0.1, -0.05) is 23.2 Å². The molecule has 0 radical (unpaired) electrons. The van der Waals surface area contributed by atoms with E-state index < -0.39 is 5.03 Å². The van der Waals surface area contributed by atoms with Crippen LogP contribution in [0.15, 0.2) is 28.0 Å². The number of piperidine rings is 1. The molecule has 13 heteroatoms. The SMILES string of the molecule is CN/C(=N\[N+](=O)[O-])N(Cc1ccsc1)C1CCN(C(C)CCNC(=O)c2c(C)cc(Cl)nc2Cl)CC1. The molecular formula is C23H31Cl2N7O3S. The number of pyridine rings is 1. The van der Waals surface area contributed by atoms with E-state index in [-0.39, 0.29) is 34.3 Å². The molecule has 1 aliphatic heterocycles. The van der Waals surface area contributed by atoms with Crippen LogP contribution in [0.25, 0.3) is 0 Å². The van der Waals surface area contributed by atoms with Gasteiger partial charge in [-0.25, -0.2) is 15.1 Å². The van der Waals surface area contributed by atoms with Gasteiger partial charge in [0.2, 0.25) is 0 Å². The lowest BCUT2D eigenvalue weighted by Gasteiger charge is -2.41. The number of nitrogens with one attached hydrogen (secondary N) is 2. The summed E-state index contributed by atoms with van der Waals surface area (Å²) in [6, 6.07) is 4.03. The van der Waals surface area contributed by atoms with Crippen LogP contribution < -0.4 is 10.6 Å². The van der Waals surface area contributed by atoms with Gasteiger partial charge in [-0.3, -0.25) is 4.79 Å². The number of hydrogen-bond acceptors (Lipinski definition) is 6. The molecule has 1 unspecified atom stereocenters. The first kappa shape index (κ1) is 28.1. The molecule has 1 amide bonds. The summed E-state index contributed by atoms with van der Waals surface area (Å²) in [5, 5.41) is 24.3. The van der Waals surface area contributed by atoms with E-state index >= 15 is 0 Å². The molecule has 36 heavy (non-hydrogen) atoms. The molecule has 1 saturated heterocycles. The average molecular weight is 557 g/mol. The van der Waals surface area contributed by atoms with Crippen LogP contribution in [0, 0.1) is 17.0 Å². The summed E-state index contributed by atoms with van der Waals surface area (Å²) in [5.74, 6) is 0.00683. The number of likely N-dealkylation sites (tertiary alicyclic amines) is 1. The van der Waals surface area contributed by atoms with E-state index in [4.69, 9.17) is 23.2 Å². The third-order valence-electron chi connectivity index (χ3n) is 6.38. The normalized spacial score (nSPS) is 16.0. The highest BCUT2D eigenvalue weighted by Crippen LogP contribution is 2.23. The van der Waals surface area contributed by atoms with Gasteiger partial charge in [0.1, 0.15) is 15.4 Å². The Labute approximate surface area is 224 Å². The maximum atomic E-state index is 12.6. The monoisotopic (exact) mass is 555 g/mol. The van der Waals surface area contributed by atoms with Crippen molar-refractivity contribution in [1.82, 2.24) is 25.4 Å². The number of hydrazone groups is 1. The van der Waals surface area contributed by atoms with Crippen LogP contribution in [0.1, 0.15) is 47.7 Å². The minimum atomic E-state index is -0.660. The molecular weight excluding hydrogens is 525 g/mol. The Hall–Kier alpha value is -2.47. The van der Waals surface area contributed by atoms with Gasteiger partial charge in [-0.15, -0.1) is 0 Å². The first-order valence-corrected chi connectivity index (χ1v) is 13.4. The highest BCUT2D eigenvalue weighted by Gasteiger charge is 2.30. The number of rotatable bonds is 9. The molecule has 3 rings (SSSR count). The molecule has 1 atom stereocenters. The summed E-state index contributed by atoms with van der Waals surface area (Å²) < 4.78 is 0. The van der Waals surface area contributed by atoms with Crippen molar-refractivity contribution in [3.63, 3.8) is 0 Å². The Morgan fingerprint density at radius 3 is 2.72 bits per heavy atom. The van der Waals surface area contributed by atoms with Crippen molar-refractivity contribution in [2.75, 3.05) is 26.7 Å². The number of amides is 1. The number of hydrogen-bond donors (Lipinski definition) is 2. The van der Waals surface area contributed by atoms with E-state index in [1.165, 1.54) is 0 Å². The van der Waals surface area contributed by atoms with Gasteiger partial charge in [0.05, 0.1) is 5.56 Å². The standard InChI is InChI=1S/C23H31Cl2N7O3S/c1-15-12-19(24)28-21(25)20(15)22(33)27-8-4-16(2)30-9-5-18(6-10-30)31(13-17-7-11-36-14-17)23(26-3)29-32(34)35/h7,11-12,14,16,18H,4-6,8-10,13H2,1-3H3,(H,26,29)(H,27,33). The zero-order valence-corrected chi connectivity index (χ0v) is 22.9. The molecule has 0 spiro atoms. The van der Waals surface area contributed by atoms with Crippen LogP contribution in [0.4, 0.5) is 0 Å². The molecule has 2 N–H and O–H groups in total. The van der Waals surface area contributed by atoms with E-state index in [1.807, 2.05) is 21.7 Å². The minimum absolute atomic E-state index is 0.0983. The van der Waals surface area contributed by atoms with Crippen molar-refractivity contribution >= 4 is 46.4 Å². The number of guanidine groups is 1. The number of nitro groups is 1. The maximum Gasteiger partial charge on any atom is 0.271 e. The first-order chi connectivity index (χ1) is 17.2. The lowest BCUT2D eigenvalue weighted by molar-refractivity contribution is -0.486. The molecule has 0 saturated carbocycles. The van der Waals surface area contributed by atoms with Gasteiger partial charge in [0.15, 0.2) is 5.03 Å². The van der Waals surface area contributed by atoms with Crippen LogP contribution in [0.3, 0.4) is 0 Å². The van der Waals surface area contributed by atoms with Crippen LogP contribution in [-0.2, 0) is 6.54 Å². The molecule has 0 aliphatic carbocycles. The second-order valence-electron chi connectivity index (χ2n) is 8.76. The molecule has 0 aromatic carbocycles. The minimum Gasteiger partial charge on any atom is -0.354 e. The number of halogens is 2. The zero-order chi connectivity index (χ0) is 26.2. The summed E-state index contributed by atoms with van der Waals surface area (Å²) in [6.45, 7) is 6.68. The van der Waals surface area contributed by atoms with Gasteiger partial charge >= 0.3 is 0 Å².